The monoisotopic (exact) mass is 442 g/mol. The van der Waals surface area contributed by atoms with Gasteiger partial charge in [0, 0.05) is 37.1 Å². The van der Waals surface area contributed by atoms with Crippen LogP contribution in [0.25, 0.3) is 17.3 Å². The maximum Gasteiger partial charge on any atom is 0.0816 e. The molecule has 5 N–H and O–H groups in total. The Hall–Kier alpha value is -3.22. The van der Waals surface area contributed by atoms with E-state index < -0.39 is 0 Å². The lowest BCUT2D eigenvalue weighted by molar-refractivity contribution is 0.0447. The Morgan fingerprint density at radius 3 is 2.82 bits per heavy atom. The molecule has 1 atom stereocenters. The molecule has 6 nitrogen and oxygen atoms in total. The lowest BCUT2D eigenvalue weighted by atomic mass is 9.91. The summed E-state index contributed by atoms with van der Waals surface area (Å²) >= 11 is 0. The lowest BCUT2D eigenvalue weighted by Crippen LogP contribution is -2.40. The molecule has 0 saturated carbocycles. The van der Waals surface area contributed by atoms with Gasteiger partial charge in [-0.15, -0.1) is 5.12 Å². The van der Waals surface area contributed by atoms with Gasteiger partial charge in [-0.2, -0.15) is 0 Å². The number of allylic oxidation sites excluding steroid dienone is 2. The fourth-order valence-corrected chi connectivity index (χ4v) is 5.21. The number of nitrogens with zero attached hydrogens (tertiary/aromatic N) is 2. The van der Waals surface area contributed by atoms with Crippen molar-refractivity contribution in [1.82, 2.24) is 20.9 Å². The first kappa shape index (κ1) is 21.6. The second-order valence-corrected chi connectivity index (χ2v) is 9.05. The first-order valence-corrected chi connectivity index (χ1v) is 11.9. The molecule has 2 aromatic rings. The average molecular weight is 443 g/mol. The van der Waals surface area contributed by atoms with Gasteiger partial charge in [0.25, 0.3) is 0 Å². The second kappa shape index (κ2) is 8.96. The number of hydrogen-bond acceptors (Lipinski definition) is 6. The van der Waals surface area contributed by atoms with E-state index >= 15 is 0 Å². The zero-order valence-corrected chi connectivity index (χ0v) is 19.8. The van der Waals surface area contributed by atoms with E-state index in [2.05, 4.69) is 82.6 Å². The van der Waals surface area contributed by atoms with Gasteiger partial charge in [-0.05, 0) is 73.7 Å². The number of hydrogen-bond donors (Lipinski definition) is 4. The number of fused-ring (bicyclic) bond motifs is 3. The van der Waals surface area contributed by atoms with Crippen molar-refractivity contribution >= 4 is 28.7 Å². The number of nitrogen functional groups attached to an aromatic ring is 1. The molecule has 3 aliphatic rings. The van der Waals surface area contributed by atoms with Crippen LogP contribution in [0.1, 0.15) is 55.0 Å². The topological polar surface area (TPSA) is 68.6 Å². The highest BCUT2D eigenvalue weighted by molar-refractivity contribution is 5.76. The predicted octanol–water partition coefficient (Wildman–Crippen LogP) is 4.59. The fourth-order valence-electron chi connectivity index (χ4n) is 5.21. The minimum atomic E-state index is 0.188. The Morgan fingerprint density at radius 2 is 2.06 bits per heavy atom. The van der Waals surface area contributed by atoms with Gasteiger partial charge in [-0.3, -0.25) is 5.01 Å². The van der Waals surface area contributed by atoms with Crippen LogP contribution in [-0.2, 0) is 0 Å². The maximum absolute atomic E-state index is 6.34. The number of anilines is 2. The van der Waals surface area contributed by atoms with Gasteiger partial charge in [0.1, 0.15) is 0 Å². The molecular weight excluding hydrogens is 408 g/mol. The molecule has 0 aliphatic carbocycles. The second-order valence-electron chi connectivity index (χ2n) is 9.05. The highest BCUT2D eigenvalue weighted by Crippen LogP contribution is 2.40. The van der Waals surface area contributed by atoms with Gasteiger partial charge in [0.2, 0.25) is 0 Å². The Balaban J connectivity index is 1.56. The Kier molecular flexibility index (Phi) is 5.87. The summed E-state index contributed by atoms with van der Waals surface area (Å²) in [5.74, 6) is 0. The van der Waals surface area contributed by atoms with E-state index in [-0.39, 0.29) is 6.04 Å². The molecule has 33 heavy (non-hydrogen) atoms. The van der Waals surface area contributed by atoms with E-state index in [1.807, 2.05) is 19.1 Å². The van der Waals surface area contributed by atoms with E-state index in [1.165, 1.54) is 33.7 Å². The van der Waals surface area contributed by atoms with Gasteiger partial charge in [-0.1, -0.05) is 36.4 Å². The zero-order chi connectivity index (χ0) is 22.9. The minimum Gasteiger partial charge on any atom is -0.398 e. The third-order valence-corrected chi connectivity index (χ3v) is 6.83. The van der Waals surface area contributed by atoms with Crippen molar-refractivity contribution in [2.24, 2.45) is 0 Å². The molecule has 3 aliphatic heterocycles. The number of nitrogens with two attached hydrogens (primary N) is 1. The van der Waals surface area contributed by atoms with Gasteiger partial charge < -0.3 is 21.8 Å². The van der Waals surface area contributed by atoms with Gasteiger partial charge >= 0.3 is 0 Å². The Labute approximate surface area is 196 Å². The summed E-state index contributed by atoms with van der Waals surface area (Å²) in [4.78, 5) is 0. The summed E-state index contributed by atoms with van der Waals surface area (Å²) in [5.41, 5.74) is 20.6. The van der Waals surface area contributed by atoms with E-state index in [9.17, 15) is 0 Å². The molecule has 172 valence electrons. The van der Waals surface area contributed by atoms with Crippen molar-refractivity contribution in [3.8, 4) is 0 Å². The van der Waals surface area contributed by atoms with E-state index in [0.29, 0.717) is 0 Å². The van der Waals surface area contributed by atoms with Crippen molar-refractivity contribution in [2.75, 3.05) is 37.7 Å². The van der Waals surface area contributed by atoms with Gasteiger partial charge in [0.15, 0.2) is 0 Å². The average Bonchev–Trinajstić information content (AvgIpc) is 3.00. The van der Waals surface area contributed by atoms with Crippen LogP contribution in [0.2, 0.25) is 0 Å². The van der Waals surface area contributed by atoms with Crippen LogP contribution in [0.5, 0.6) is 0 Å². The number of benzene rings is 2. The first-order chi connectivity index (χ1) is 16.0. The summed E-state index contributed by atoms with van der Waals surface area (Å²) in [6.07, 6.45) is 8.44. The minimum absolute atomic E-state index is 0.188. The molecular formula is C27H34N6. The molecule has 1 unspecified atom stereocenters. The number of nitrogens with one attached hydrogen (secondary N) is 3. The lowest BCUT2D eigenvalue weighted by Gasteiger charge is -2.27. The van der Waals surface area contributed by atoms with Crippen molar-refractivity contribution < 1.29 is 0 Å². The molecule has 6 heteroatoms. The quantitative estimate of drug-likeness (QED) is 0.519. The van der Waals surface area contributed by atoms with Gasteiger partial charge in [0.05, 0.1) is 17.4 Å². The summed E-state index contributed by atoms with van der Waals surface area (Å²) < 4.78 is 0. The molecule has 0 bridgehead atoms. The molecule has 3 heterocycles. The maximum atomic E-state index is 6.34. The SMILES string of the molecule is C/C=C\c1ccc(NC2CCN3C(=C(C)NN3C)c3ccc(C4=CCNCC4)cc32)cc1N. The van der Waals surface area contributed by atoms with Crippen LogP contribution >= 0.6 is 0 Å². The number of hydrazine groups is 2. The molecule has 0 fully saturated rings. The normalized spacial score (nSPS) is 20.9. The molecule has 0 aromatic heterocycles. The molecule has 0 spiro atoms. The van der Waals surface area contributed by atoms with E-state index in [1.54, 1.807) is 0 Å². The van der Waals surface area contributed by atoms with Crippen LogP contribution < -0.4 is 21.8 Å². The standard InChI is InChI=1S/C27H34N6/c1-4-5-20-6-8-22(17-25(20)28)30-26-12-15-33-27(18(2)31-32(33)3)23-9-7-21(16-24(23)26)19-10-13-29-14-11-19/h4-10,16-17,26,29-31H,11-15,28H2,1-3H3/b5-4-. The largest absolute Gasteiger partial charge is 0.398 e. The molecule has 0 radical (unpaired) electrons. The van der Waals surface area contributed by atoms with Crippen molar-refractivity contribution in [2.45, 2.75) is 32.7 Å². The third-order valence-electron chi connectivity index (χ3n) is 6.83. The first-order valence-electron chi connectivity index (χ1n) is 11.9. The summed E-state index contributed by atoms with van der Waals surface area (Å²) in [6.45, 7) is 7.08. The highest BCUT2D eigenvalue weighted by Gasteiger charge is 2.33. The molecule has 0 amide bonds. The third kappa shape index (κ3) is 4.12. The van der Waals surface area contributed by atoms with E-state index in [0.717, 1.165) is 49.4 Å². The molecule has 5 rings (SSSR count). The van der Waals surface area contributed by atoms with E-state index in [4.69, 9.17) is 5.73 Å². The Bertz CT molecular complexity index is 1150. The summed E-state index contributed by atoms with van der Waals surface area (Å²) in [6, 6.07) is 13.5. The van der Waals surface area contributed by atoms with Crippen LogP contribution in [0.15, 0.2) is 54.2 Å². The van der Waals surface area contributed by atoms with Crippen LogP contribution in [0, 0.1) is 0 Å². The Morgan fingerprint density at radius 1 is 1.18 bits per heavy atom. The van der Waals surface area contributed by atoms with Crippen LogP contribution in [-0.4, -0.2) is 36.8 Å². The summed E-state index contributed by atoms with van der Waals surface area (Å²) in [7, 11) is 2.08. The zero-order valence-electron chi connectivity index (χ0n) is 19.8. The van der Waals surface area contributed by atoms with Gasteiger partial charge in [-0.25, -0.2) is 0 Å². The van der Waals surface area contributed by atoms with Crippen LogP contribution in [0.3, 0.4) is 0 Å². The summed E-state index contributed by atoms with van der Waals surface area (Å²) in [5, 5.41) is 11.7. The predicted molar refractivity (Wildman–Crippen MR) is 139 cm³/mol. The molecule has 2 aromatic carbocycles. The number of rotatable bonds is 4. The highest BCUT2D eigenvalue weighted by atomic mass is 15.8. The fraction of sp³-hybridized carbons (Fsp3) is 0.333. The van der Waals surface area contributed by atoms with Crippen molar-refractivity contribution in [1.29, 1.82) is 0 Å². The smallest absolute Gasteiger partial charge is 0.0816 e. The molecule has 0 saturated heterocycles. The van der Waals surface area contributed by atoms with Crippen LogP contribution in [0.4, 0.5) is 11.4 Å². The van der Waals surface area contributed by atoms with Crippen molar-refractivity contribution in [3.05, 3.63) is 76.5 Å². The van der Waals surface area contributed by atoms with Crippen molar-refractivity contribution in [3.63, 3.8) is 0 Å².